The fraction of sp³-hybridized carbons (Fsp3) is 0.458. The van der Waals surface area contributed by atoms with Crippen LogP contribution in [0.25, 0.3) is 0 Å². The summed E-state index contributed by atoms with van der Waals surface area (Å²) in [5.41, 5.74) is 0.990. The van der Waals surface area contributed by atoms with Gasteiger partial charge < -0.3 is 10.0 Å². The van der Waals surface area contributed by atoms with Crippen LogP contribution in [0.2, 0.25) is 0 Å². The molecule has 0 spiro atoms. The van der Waals surface area contributed by atoms with E-state index in [0.717, 1.165) is 40.4 Å². The Balaban J connectivity index is 0. The Kier molecular flexibility index (Phi) is 18.8. The highest BCUT2D eigenvalue weighted by molar-refractivity contribution is 9.10. The fourth-order valence-corrected chi connectivity index (χ4v) is 4.55. The summed E-state index contributed by atoms with van der Waals surface area (Å²) in [7, 11) is -2.29. The number of hydrogen-bond acceptors (Lipinski definition) is 4. The number of anilines is 1. The molecule has 0 aliphatic carbocycles. The first-order valence-corrected chi connectivity index (χ1v) is 13.1. The number of carbonyl (C=O) groups is 1. The second-order valence-corrected chi connectivity index (χ2v) is 9.03. The van der Waals surface area contributed by atoms with Crippen molar-refractivity contribution >= 4 is 37.6 Å². The van der Waals surface area contributed by atoms with E-state index in [2.05, 4.69) is 34.0 Å². The van der Waals surface area contributed by atoms with E-state index in [-0.39, 0.29) is 17.9 Å². The fourth-order valence-electron chi connectivity index (χ4n) is 2.57. The molecule has 1 N–H and O–H groups in total. The minimum Gasteiger partial charge on any atom is -0.481 e. The van der Waals surface area contributed by atoms with Crippen LogP contribution in [0.4, 0.5) is 5.69 Å². The molecule has 1 heterocycles. The van der Waals surface area contributed by atoms with Crippen LogP contribution >= 0.6 is 15.9 Å². The van der Waals surface area contributed by atoms with Crippen molar-refractivity contribution in [1.82, 2.24) is 4.31 Å². The normalized spacial score (nSPS) is 12.7. The number of nitrogens with zero attached hydrogens (tertiary/aromatic N) is 2. The Hall–Kier alpha value is -1.90. The van der Waals surface area contributed by atoms with Gasteiger partial charge in [0.05, 0.1) is 17.0 Å². The zero-order valence-corrected chi connectivity index (χ0v) is 22.5. The summed E-state index contributed by atoms with van der Waals surface area (Å²) in [6, 6.07) is 4.96. The van der Waals surface area contributed by atoms with Crippen LogP contribution in [0.5, 0.6) is 0 Å². The average molecular weight is 532 g/mol. The smallest absolute Gasteiger partial charge is 0.304 e. The summed E-state index contributed by atoms with van der Waals surface area (Å²) >= 11 is 3.44. The zero-order valence-electron chi connectivity index (χ0n) is 20.1. The third kappa shape index (κ3) is 11.6. The van der Waals surface area contributed by atoms with Gasteiger partial charge in [0.15, 0.2) is 0 Å². The summed E-state index contributed by atoms with van der Waals surface area (Å²) in [5.74, 6) is -1.02. The minimum atomic E-state index is -3.68. The van der Waals surface area contributed by atoms with Crippen molar-refractivity contribution in [3.63, 3.8) is 0 Å². The maximum atomic E-state index is 12.4. The van der Waals surface area contributed by atoms with Crippen molar-refractivity contribution in [2.45, 2.75) is 51.9 Å². The highest BCUT2D eigenvalue weighted by Crippen LogP contribution is 2.31. The van der Waals surface area contributed by atoms with Gasteiger partial charge in [-0.2, -0.15) is 0 Å². The predicted octanol–water partition coefficient (Wildman–Crippen LogP) is 6.11. The molecule has 0 radical (unpaired) electrons. The maximum absolute atomic E-state index is 12.4. The minimum absolute atomic E-state index is 0.0524. The van der Waals surface area contributed by atoms with Crippen molar-refractivity contribution in [3.05, 3.63) is 60.1 Å². The molecule has 0 amide bonds. The van der Waals surface area contributed by atoms with Crippen molar-refractivity contribution in [3.8, 4) is 0 Å². The molecule has 0 atom stereocenters. The quantitative estimate of drug-likeness (QED) is 0.410. The van der Waals surface area contributed by atoms with Crippen LogP contribution in [0, 0.1) is 0 Å². The molecular weight excluding hydrogens is 492 g/mol. The molecule has 1 fully saturated rings. The van der Waals surface area contributed by atoms with Gasteiger partial charge >= 0.3 is 5.97 Å². The topological polar surface area (TPSA) is 77.9 Å². The van der Waals surface area contributed by atoms with Gasteiger partial charge in [-0.25, -0.2) is 12.7 Å². The molecule has 8 heteroatoms. The summed E-state index contributed by atoms with van der Waals surface area (Å²) in [6.07, 6.45) is 9.14. The number of sulfonamides is 1. The second-order valence-electron chi connectivity index (χ2n) is 6.13. The number of carboxylic acids is 1. The Morgan fingerprint density at radius 2 is 1.62 bits per heavy atom. The van der Waals surface area contributed by atoms with Gasteiger partial charge in [-0.1, -0.05) is 65.2 Å². The average Bonchev–Trinajstić information content (AvgIpc) is 3.33. The molecule has 182 valence electrons. The Morgan fingerprint density at radius 1 is 1.12 bits per heavy atom. The van der Waals surface area contributed by atoms with Crippen LogP contribution in [0.15, 0.2) is 65.0 Å². The van der Waals surface area contributed by atoms with Gasteiger partial charge in [0, 0.05) is 31.2 Å². The summed E-state index contributed by atoms with van der Waals surface area (Å²) in [5, 5.41) is 8.67. The first-order chi connectivity index (χ1) is 15.2. The highest BCUT2D eigenvalue weighted by atomic mass is 79.9. The lowest BCUT2D eigenvalue weighted by molar-refractivity contribution is -0.137. The second kappa shape index (κ2) is 18.7. The van der Waals surface area contributed by atoms with E-state index in [4.69, 9.17) is 5.11 Å². The molecule has 1 aromatic rings. The molecule has 0 saturated carbocycles. The lowest BCUT2D eigenvalue weighted by atomic mass is 10.3. The van der Waals surface area contributed by atoms with E-state index in [1.54, 1.807) is 30.4 Å². The van der Waals surface area contributed by atoms with E-state index in [1.165, 1.54) is 7.05 Å². The first kappa shape index (κ1) is 32.3. The number of halogens is 1. The molecule has 2 rings (SSSR count). The van der Waals surface area contributed by atoms with Crippen LogP contribution in [0.1, 0.15) is 47.0 Å². The van der Waals surface area contributed by atoms with Gasteiger partial charge in [0.2, 0.25) is 10.0 Å². The van der Waals surface area contributed by atoms with E-state index in [1.807, 2.05) is 39.8 Å². The van der Waals surface area contributed by atoms with Gasteiger partial charge in [0.25, 0.3) is 0 Å². The third-order valence-electron chi connectivity index (χ3n) is 4.10. The largest absolute Gasteiger partial charge is 0.481 e. The number of benzene rings is 1. The SMILES string of the molecule is C=C/C=C\C=C.CC.CC.CN(CCC(=O)O)S(=O)(=O)c1ccc(N2CCCC2)c(Br)c1. The molecule has 0 bridgehead atoms. The van der Waals surface area contributed by atoms with Gasteiger partial charge in [-0.3, -0.25) is 4.79 Å². The standard InChI is InChI=1S/C14H19BrN2O4S.C6H8.2C2H6/c1-16(9-6-14(18)19)22(20,21)11-4-5-13(12(15)10-11)17-7-2-3-8-17;1-3-5-6-4-2;2*1-2/h4-5,10H,2-3,6-9H2,1H3,(H,18,19);3-6H,1-2H2;2*1-2H3/b;6-5-;;. The maximum Gasteiger partial charge on any atom is 0.304 e. The van der Waals surface area contributed by atoms with Crippen molar-refractivity contribution < 1.29 is 18.3 Å². The van der Waals surface area contributed by atoms with Gasteiger partial charge in [0.1, 0.15) is 0 Å². The molecular formula is C24H39BrN2O4S. The molecule has 1 aromatic carbocycles. The van der Waals surface area contributed by atoms with Crippen molar-refractivity contribution in [1.29, 1.82) is 0 Å². The third-order valence-corrected chi connectivity index (χ3v) is 6.59. The van der Waals surface area contributed by atoms with E-state index >= 15 is 0 Å². The Bertz CT molecular complexity index is 807. The monoisotopic (exact) mass is 530 g/mol. The summed E-state index contributed by atoms with van der Waals surface area (Å²) < 4.78 is 26.7. The van der Waals surface area contributed by atoms with E-state index in [9.17, 15) is 13.2 Å². The Morgan fingerprint density at radius 3 is 2.03 bits per heavy atom. The van der Waals surface area contributed by atoms with Gasteiger partial charge in [-0.05, 0) is 47.0 Å². The molecule has 6 nitrogen and oxygen atoms in total. The molecule has 32 heavy (non-hydrogen) atoms. The summed E-state index contributed by atoms with van der Waals surface area (Å²) in [4.78, 5) is 13.0. The zero-order chi connectivity index (χ0) is 25.2. The van der Waals surface area contributed by atoms with E-state index in [0.29, 0.717) is 0 Å². The predicted molar refractivity (Wildman–Crippen MR) is 140 cm³/mol. The molecule has 1 aliphatic rings. The molecule has 1 aliphatic heterocycles. The number of rotatable bonds is 8. The van der Waals surface area contributed by atoms with Crippen LogP contribution < -0.4 is 4.90 Å². The number of allylic oxidation sites excluding steroid dienone is 4. The van der Waals surface area contributed by atoms with Gasteiger partial charge in [-0.15, -0.1) is 0 Å². The molecule has 0 aromatic heterocycles. The number of carboxylic acid groups (broad SMARTS) is 1. The van der Waals surface area contributed by atoms with E-state index < -0.39 is 16.0 Å². The summed E-state index contributed by atoms with van der Waals surface area (Å²) in [6.45, 7) is 16.8. The lowest BCUT2D eigenvalue weighted by Crippen LogP contribution is -2.29. The molecule has 0 unspecified atom stereocenters. The first-order valence-electron chi connectivity index (χ1n) is 10.9. The van der Waals surface area contributed by atoms with Crippen molar-refractivity contribution in [2.24, 2.45) is 0 Å². The van der Waals surface area contributed by atoms with Crippen molar-refractivity contribution in [2.75, 3.05) is 31.6 Å². The van der Waals surface area contributed by atoms with Crippen LogP contribution in [0.3, 0.4) is 0 Å². The molecule has 1 saturated heterocycles. The number of hydrogen-bond donors (Lipinski definition) is 1. The Labute approximate surface area is 203 Å². The highest BCUT2D eigenvalue weighted by Gasteiger charge is 2.23. The number of aliphatic carboxylic acids is 1. The van der Waals surface area contributed by atoms with Crippen LogP contribution in [-0.2, 0) is 14.8 Å². The van der Waals surface area contributed by atoms with Crippen LogP contribution in [-0.4, -0.2) is 50.5 Å². The lowest BCUT2D eigenvalue weighted by Gasteiger charge is -2.21.